The summed E-state index contributed by atoms with van der Waals surface area (Å²) in [5, 5.41) is 3.52. The lowest BCUT2D eigenvalue weighted by Crippen LogP contribution is -2.33. The van der Waals surface area contributed by atoms with Crippen molar-refractivity contribution in [2.45, 2.75) is 51.2 Å². The number of hydrogen-bond donors (Lipinski definition) is 1. The number of rotatable bonds is 5. The van der Waals surface area contributed by atoms with E-state index in [2.05, 4.69) is 12.2 Å². The topological polar surface area (TPSA) is 12.0 Å². The Morgan fingerprint density at radius 3 is 2.75 bits per heavy atom. The van der Waals surface area contributed by atoms with Crippen LogP contribution in [0.5, 0.6) is 0 Å². The van der Waals surface area contributed by atoms with Gasteiger partial charge in [-0.15, -0.1) is 0 Å². The van der Waals surface area contributed by atoms with E-state index in [1.165, 1.54) is 18.6 Å². The molecule has 0 amide bonds. The molecule has 1 aliphatic rings. The van der Waals surface area contributed by atoms with Crippen molar-refractivity contribution in [2.24, 2.45) is 5.92 Å². The second-order valence-corrected chi connectivity index (χ2v) is 5.65. The molecule has 2 unspecified atom stereocenters. The molecule has 1 N–H and O–H groups in total. The fraction of sp³-hybridized carbons (Fsp3) is 0.625. The number of halogens is 3. The highest BCUT2D eigenvalue weighted by Gasteiger charge is 2.31. The van der Waals surface area contributed by atoms with Gasteiger partial charge in [0.05, 0.1) is 5.56 Å². The van der Waals surface area contributed by atoms with Gasteiger partial charge in [-0.3, -0.25) is 0 Å². The standard InChI is InChI=1S/C16H22F3N/c1-2-9-20-15-8-4-6-13(15)10-12-5-3-7-14(11-12)16(17,18)19/h3,5,7,11,13,15,20H,2,4,6,8-10H2,1H3. The molecule has 4 heteroatoms. The molecule has 1 aliphatic carbocycles. The zero-order valence-corrected chi connectivity index (χ0v) is 11.8. The van der Waals surface area contributed by atoms with Crippen LogP contribution in [0.1, 0.15) is 43.7 Å². The molecule has 112 valence electrons. The molecule has 0 aromatic heterocycles. The molecule has 2 atom stereocenters. The average Bonchev–Trinajstić information content (AvgIpc) is 2.83. The van der Waals surface area contributed by atoms with Crippen LogP contribution in [0, 0.1) is 5.92 Å². The highest BCUT2D eigenvalue weighted by molar-refractivity contribution is 5.26. The van der Waals surface area contributed by atoms with E-state index in [0.29, 0.717) is 12.0 Å². The number of nitrogens with one attached hydrogen (secondary N) is 1. The second kappa shape index (κ2) is 6.61. The van der Waals surface area contributed by atoms with Crippen molar-refractivity contribution in [3.8, 4) is 0 Å². The van der Waals surface area contributed by atoms with Gasteiger partial charge in [0, 0.05) is 6.04 Å². The third-order valence-electron chi connectivity index (χ3n) is 4.07. The molecule has 0 saturated heterocycles. The molecule has 0 radical (unpaired) electrons. The Morgan fingerprint density at radius 1 is 1.25 bits per heavy atom. The highest BCUT2D eigenvalue weighted by atomic mass is 19.4. The molecule has 1 saturated carbocycles. The van der Waals surface area contributed by atoms with Crippen molar-refractivity contribution in [3.63, 3.8) is 0 Å². The lowest BCUT2D eigenvalue weighted by molar-refractivity contribution is -0.137. The van der Waals surface area contributed by atoms with Gasteiger partial charge in [-0.2, -0.15) is 13.2 Å². The normalized spacial score (nSPS) is 23.2. The van der Waals surface area contributed by atoms with E-state index in [-0.39, 0.29) is 0 Å². The van der Waals surface area contributed by atoms with Gasteiger partial charge < -0.3 is 5.32 Å². The van der Waals surface area contributed by atoms with E-state index in [0.717, 1.165) is 43.9 Å². The van der Waals surface area contributed by atoms with Crippen LogP contribution in [0.25, 0.3) is 0 Å². The Balaban J connectivity index is 2.02. The van der Waals surface area contributed by atoms with Gasteiger partial charge in [0.1, 0.15) is 0 Å². The summed E-state index contributed by atoms with van der Waals surface area (Å²) in [6.07, 6.45) is 1.01. The van der Waals surface area contributed by atoms with Crippen molar-refractivity contribution in [1.29, 1.82) is 0 Å². The number of hydrogen-bond acceptors (Lipinski definition) is 1. The predicted molar refractivity (Wildman–Crippen MR) is 74.6 cm³/mol. The minimum absolute atomic E-state index is 0.462. The van der Waals surface area contributed by atoms with Crippen LogP contribution in [0.2, 0.25) is 0 Å². The molecule has 20 heavy (non-hydrogen) atoms. The van der Waals surface area contributed by atoms with Gasteiger partial charge in [-0.25, -0.2) is 0 Å². The zero-order valence-electron chi connectivity index (χ0n) is 11.8. The lowest BCUT2D eigenvalue weighted by atomic mass is 9.93. The summed E-state index contributed by atoms with van der Waals surface area (Å²) in [5.41, 5.74) is 0.265. The molecule has 0 heterocycles. The predicted octanol–water partition coefficient (Wildman–Crippen LogP) is 4.42. The maximum Gasteiger partial charge on any atom is 0.416 e. The van der Waals surface area contributed by atoms with Gasteiger partial charge in [-0.05, 0) is 49.8 Å². The van der Waals surface area contributed by atoms with Crippen LogP contribution in [0.15, 0.2) is 24.3 Å². The summed E-state index contributed by atoms with van der Waals surface area (Å²) in [5.74, 6) is 0.463. The van der Waals surface area contributed by atoms with Crippen molar-refractivity contribution in [3.05, 3.63) is 35.4 Å². The number of alkyl halides is 3. The summed E-state index contributed by atoms with van der Waals surface area (Å²) in [4.78, 5) is 0. The lowest BCUT2D eigenvalue weighted by Gasteiger charge is -2.21. The van der Waals surface area contributed by atoms with Crippen molar-refractivity contribution < 1.29 is 13.2 Å². The van der Waals surface area contributed by atoms with Crippen molar-refractivity contribution in [2.75, 3.05) is 6.54 Å². The Bertz CT molecular complexity index is 428. The second-order valence-electron chi connectivity index (χ2n) is 5.65. The fourth-order valence-electron chi connectivity index (χ4n) is 3.06. The van der Waals surface area contributed by atoms with E-state index < -0.39 is 11.7 Å². The Kier molecular flexibility index (Phi) is 5.08. The molecule has 0 aliphatic heterocycles. The molecule has 1 nitrogen and oxygen atoms in total. The first kappa shape index (κ1) is 15.4. The third-order valence-corrected chi connectivity index (χ3v) is 4.07. The van der Waals surface area contributed by atoms with Gasteiger partial charge in [-0.1, -0.05) is 31.5 Å². The summed E-state index contributed by atoms with van der Waals surface area (Å²) < 4.78 is 38.1. The van der Waals surface area contributed by atoms with Gasteiger partial charge >= 0.3 is 6.18 Å². The molecule has 0 spiro atoms. The summed E-state index contributed by atoms with van der Waals surface area (Å²) in [7, 11) is 0. The van der Waals surface area contributed by atoms with Crippen LogP contribution < -0.4 is 5.32 Å². The third kappa shape index (κ3) is 3.98. The first-order chi connectivity index (χ1) is 9.50. The maximum absolute atomic E-state index is 12.7. The van der Waals surface area contributed by atoms with Crippen molar-refractivity contribution in [1.82, 2.24) is 5.32 Å². The quantitative estimate of drug-likeness (QED) is 0.844. The molecule has 1 aromatic carbocycles. The zero-order chi connectivity index (χ0) is 14.6. The van der Waals surface area contributed by atoms with Crippen LogP contribution in [0.4, 0.5) is 13.2 Å². The Morgan fingerprint density at radius 2 is 2.05 bits per heavy atom. The van der Waals surface area contributed by atoms with E-state index in [9.17, 15) is 13.2 Å². The minimum atomic E-state index is -4.24. The van der Waals surface area contributed by atoms with Crippen LogP contribution in [-0.4, -0.2) is 12.6 Å². The molecule has 1 fully saturated rings. The smallest absolute Gasteiger partial charge is 0.314 e. The maximum atomic E-state index is 12.7. The van der Waals surface area contributed by atoms with Crippen LogP contribution >= 0.6 is 0 Å². The first-order valence-corrected chi connectivity index (χ1v) is 7.40. The van der Waals surface area contributed by atoms with Crippen molar-refractivity contribution >= 4 is 0 Å². The minimum Gasteiger partial charge on any atom is -0.314 e. The molecular formula is C16H22F3N. The molecular weight excluding hydrogens is 263 g/mol. The largest absolute Gasteiger partial charge is 0.416 e. The van der Waals surface area contributed by atoms with E-state index in [1.807, 2.05) is 6.07 Å². The monoisotopic (exact) mass is 285 g/mol. The Hall–Kier alpha value is -1.03. The van der Waals surface area contributed by atoms with Gasteiger partial charge in [0.25, 0.3) is 0 Å². The first-order valence-electron chi connectivity index (χ1n) is 7.40. The van der Waals surface area contributed by atoms with Crippen LogP contribution in [-0.2, 0) is 12.6 Å². The molecule has 1 aromatic rings. The summed E-state index contributed by atoms with van der Waals surface area (Å²) >= 11 is 0. The number of benzene rings is 1. The fourth-order valence-corrected chi connectivity index (χ4v) is 3.06. The molecule has 0 bridgehead atoms. The van der Waals surface area contributed by atoms with Gasteiger partial charge in [0.2, 0.25) is 0 Å². The van der Waals surface area contributed by atoms with E-state index >= 15 is 0 Å². The highest BCUT2D eigenvalue weighted by Crippen LogP contribution is 2.32. The van der Waals surface area contributed by atoms with Crippen LogP contribution in [0.3, 0.4) is 0 Å². The van der Waals surface area contributed by atoms with E-state index in [1.54, 1.807) is 0 Å². The van der Waals surface area contributed by atoms with Gasteiger partial charge in [0.15, 0.2) is 0 Å². The summed E-state index contributed by atoms with van der Waals surface area (Å²) in [6, 6.07) is 6.23. The summed E-state index contributed by atoms with van der Waals surface area (Å²) in [6.45, 7) is 3.12. The Labute approximate surface area is 118 Å². The SMILES string of the molecule is CCCNC1CCCC1Cc1cccc(C(F)(F)F)c1. The van der Waals surface area contributed by atoms with E-state index in [4.69, 9.17) is 0 Å². The molecule has 2 rings (SSSR count). The average molecular weight is 285 g/mol.